The molecular weight excluding hydrogens is 397 g/mol. The lowest BCUT2D eigenvalue weighted by molar-refractivity contribution is -0.121. The normalized spacial score (nSPS) is 11.1. The molecule has 0 unspecified atom stereocenters. The maximum absolute atomic E-state index is 13.5. The van der Waals surface area contributed by atoms with E-state index < -0.39 is 23.0 Å². The Kier molecular flexibility index (Phi) is 4.89. The van der Waals surface area contributed by atoms with E-state index in [4.69, 9.17) is 4.42 Å². The minimum absolute atomic E-state index is 0.185. The van der Waals surface area contributed by atoms with Crippen LogP contribution in [0, 0.1) is 12.7 Å². The molecular formula is C20H16FN3O4S. The molecule has 0 atom stereocenters. The van der Waals surface area contributed by atoms with Crippen molar-refractivity contribution in [1.29, 1.82) is 0 Å². The van der Waals surface area contributed by atoms with Crippen molar-refractivity contribution < 1.29 is 13.6 Å². The number of hydrogen-bond donors (Lipinski definition) is 1. The summed E-state index contributed by atoms with van der Waals surface area (Å²) in [5, 5.41) is 4.37. The molecule has 9 heteroatoms. The summed E-state index contributed by atoms with van der Waals surface area (Å²) in [6, 6.07) is 8.88. The SMILES string of the molecule is Cc1cc(F)ccc1-n1c(=O)c2sccc2n(CC(=O)NCc2ccco2)c1=O. The first-order chi connectivity index (χ1) is 14.0. The second-order valence-corrected chi connectivity index (χ2v) is 7.35. The van der Waals surface area contributed by atoms with Crippen molar-refractivity contribution in [3.05, 3.63) is 86.0 Å². The third-order valence-corrected chi connectivity index (χ3v) is 5.39. The van der Waals surface area contributed by atoms with Gasteiger partial charge in [0.05, 0.1) is 24.0 Å². The molecule has 0 fully saturated rings. The molecule has 0 saturated heterocycles. The molecule has 1 amide bonds. The summed E-state index contributed by atoms with van der Waals surface area (Å²) >= 11 is 1.18. The zero-order chi connectivity index (χ0) is 20.5. The van der Waals surface area contributed by atoms with Crippen LogP contribution in [0.1, 0.15) is 11.3 Å². The number of fused-ring (bicyclic) bond motifs is 1. The van der Waals surface area contributed by atoms with Crippen molar-refractivity contribution in [3.8, 4) is 5.69 Å². The molecule has 148 valence electrons. The summed E-state index contributed by atoms with van der Waals surface area (Å²) in [4.78, 5) is 38.5. The lowest BCUT2D eigenvalue weighted by Crippen LogP contribution is -2.41. The number of nitrogens with zero attached hydrogens (tertiary/aromatic N) is 2. The van der Waals surface area contributed by atoms with E-state index in [9.17, 15) is 18.8 Å². The maximum Gasteiger partial charge on any atom is 0.336 e. The predicted octanol–water partition coefficient (Wildman–Crippen LogP) is 2.57. The number of benzene rings is 1. The Labute approximate surface area is 167 Å². The predicted molar refractivity (Wildman–Crippen MR) is 107 cm³/mol. The van der Waals surface area contributed by atoms with Gasteiger partial charge in [-0.3, -0.25) is 14.2 Å². The summed E-state index contributed by atoms with van der Waals surface area (Å²) in [5.74, 6) is -0.288. The van der Waals surface area contributed by atoms with Crippen LogP contribution in [-0.2, 0) is 17.9 Å². The molecule has 0 bridgehead atoms. The Morgan fingerprint density at radius 1 is 1.24 bits per heavy atom. The Hall–Kier alpha value is -3.46. The zero-order valence-electron chi connectivity index (χ0n) is 15.3. The second kappa shape index (κ2) is 7.51. The minimum Gasteiger partial charge on any atom is -0.467 e. The van der Waals surface area contributed by atoms with E-state index in [0.717, 1.165) is 4.57 Å². The largest absolute Gasteiger partial charge is 0.467 e. The van der Waals surface area contributed by atoms with Gasteiger partial charge in [-0.15, -0.1) is 11.3 Å². The smallest absolute Gasteiger partial charge is 0.336 e. The van der Waals surface area contributed by atoms with Crippen LogP contribution in [0.2, 0.25) is 0 Å². The molecule has 0 radical (unpaired) electrons. The molecule has 3 aromatic heterocycles. The van der Waals surface area contributed by atoms with Gasteiger partial charge < -0.3 is 9.73 Å². The fraction of sp³-hybridized carbons (Fsp3) is 0.150. The first-order valence-corrected chi connectivity index (χ1v) is 9.62. The van der Waals surface area contributed by atoms with E-state index in [1.807, 2.05) is 0 Å². The molecule has 3 heterocycles. The number of amides is 1. The lowest BCUT2D eigenvalue weighted by Gasteiger charge is -2.13. The van der Waals surface area contributed by atoms with Gasteiger partial charge in [0.1, 0.15) is 22.8 Å². The van der Waals surface area contributed by atoms with Crippen molar-refractivity contribution in [2.45, 2.75) is 20.0 Å². The highest BCUT2D eigenvalue weighted by atomic mass is 32.1. The number of thiophene rings is 1. The Morgan fingerprint density at radius 3 is 2.79 bits per heavy atom. The Balaban J connectivity index is 1.78. The summed E-state index contributed by atoms with van der Waals surface area (Å²) in [5.41, 5.74) is -0.0600. The zero-order valence-corrected chi connectivity index (χ0v) is 16.2. The van der Waals surface area contributed by atoms with Gasteiger partial charge in [-0.1, -0.05) is 0 Å². The average Bonchev–Trinajstić information content (AvgIpc) is 3.37. The monoisotopic (exact) mass is 413 g/mol. The second-order valence-electron chi connectivity index (χ2n) is 6.43. The van der Waals surface area contributed by atoms with Crippen LogP contribution >= 0.6 is 11.3 Å². The molecule has 29 heavy (non-hydrogen) atoms. The van der Waals surface area contributed by atoms with Gasteiger partial charge in [0.15, 0.2) is 0 Å². The molecule has 0 aliphatic carbocycles. The fourth-order valence-corrected chi connectivity index (χ4v) is 3.94. The van der Waals surface area contributed by atoms with Crippen LogP contribution < -0.4 is 16.6 Å². The topological polar surface area (TPSA) is 86.2 Å². The molecule has 1 N–H and O–H groups in total. The highest BCUT2D eigenvalue weighted by Crippen LogP contribution is 2.18. The van der Waals surface area contributed by atoms with Crippen LogP contribution in [-0.4, -0.2) is 15.0 Å². The summed E-state index contributed by atoms with van der Waals surface area (Å²) in [6.45, 7) is 1.53. The fourth-order valence-electron chi connectivity index (χ4n) is 3.12. The van der Waals surface area contributed by atoms with E-state index in [1.165, 1.54) is 40.4 Å². The van der Waals surface area contributed by atoms with E-state index >= 15 is 0 Å². The van der Waals surface area contributed by atoms with Crippen LogP contribution in [0.5, 0.6) is 0 Å². The number of aryl methyl sites for hydroxylation is 1. The molecule has 0 aliphatic heterocycles. The molecule has 7 nitrogen and oxygen atoms in total. The Bertz CT molecular complexity index is 1320. The number of carbonyl (C=O) groups is 1. The highest BCUT2D eigenvalue weighted by molar-refractivity contribution is 7.17. The van der Waals surface area contributed by atoms with Crippen LogP contribution in [0.4, 0.5) is 4.39 Å². The summed E-state index contributed by atoms with van der Waals surface area (Å²) in [7, 11) is 0. The van der Waals surface area contributed by atoms with E-state index in [1.54, 1.807) is 30.5 Å². The molecule has 0 aliphatic rings. The third kappa shape index (κ3) is 3.52. The van der Waals surface area contributed by atoms with Gasteiger partial charge in [-0.25, -0.2) is 13.8 Å². The van der Waals surface area contributed by atoms with Crippen LogP contribution in [0.3, 0.4) is 0 Å². The first kappa shape index (κ1) is 18.9. The Morgan fingerprint density at radius 2 is 2.07 bits per heavy atom. The van der Waals surface area contributed by atoms with Crippen molar-refractivity contribution in [2.24, 2.45) is 0 Å². The number of rotatable bonds is 5. The highest BCUT2D eigenvalue weighted by Gasteiger charge is 2.18. The van der Waals surface area contributed by atoms with E-state index in [0.29, 0.717) is 21.5 Å². The standard InChI is InChI=1S/C20H16FN3O4S/c1-12-9-13(21)4-5-15(12)24-19(26)18-16(6-8-29-18)23(20(24)27)11-17(25)22-10-14-3-2-7-28-14/h2-9H,10-11H2,1H3,(H,22,25). The quantitative estimate of drug-likeness (QED) is 0.545. The van der Waals surface area contributed by atoms with Crippen molar-refractivity contribution in [2.75, 3.05) is 0 Å². The van der Waals surface area contributed by atoms with E-state index in [2.05, 4.69) is 5.32 Å². The average molecular weight is 413 g/mol. The van der Waals surface area contributed by atoms with Crippen LogP contribution in [0.25, 0.3) is 15.9 Å². The van der Waals surface area contributed by atoms with Crippen molar-refractivity contribution in [1.82, 2.24) is 14.5 Å². The molecule has 4 aromatic rings. The third-order valence-electron chi connectivity index (χ3n) is 4.50. The van der Waals surface area contributed by atoms with Gasteiger partial charge >= 0.3 is 5.69 Å². The summed E-state index contributed by atoms with van der Waals surface area (Å²) < 4.78 is 21.2. The number of hydrogen-bond acceptors (Lipinski definition) is 5. The van der Waals surface area contributed by atoms with E-state index in [-0.39, 0.29) is 18.8 Å². The summed E-state index contributed by atoms with van der Waals surface area (Å²) in [6.07, 6.45) is 1.50. The number of nitrogens with one attached hydrogen (secondary N) is 1. The van der Waals surface area contributed by atoms with Crippen LogP contribution in [0.15, 0.2) is 62.0 Å². The number of carbonyl (C=O) groups excluding carboxylic acids is 1. The van der Waals surface area contributed by atoms with Crippen molar-refractivity contribution in [3.63, 3.8) is 0 Å². The first-order valence-electron chi connectivity index (χ1n) is 8.74. The lowest BCUT2D eigenvalue weighted by atomic mass is 10.2. The molecule has 4 rings (SSSR count). The number of furan rings is 1. The minimum atomic E-state index is -0.663. The van der Waals surface area contributed by atoms with Gasteiger partial charge in [0.2, 0.25) is 5.91 Å². The molecule has 0 saturated carbocycles. The van der Waals surface area contributed by atoms with Gasteiger partial charge in [0.25, 0.3) is 5.56 Å². The number of aromatic nitrogens is 2. The van der Waals surface area contributed by atoms with Gasteiger partial charge in [0, 0.05) is 0 Å². The molecule has 0 spiro atoms. The van der Waals surface area contributed by atoms with Gasteiger partial charge in [-0.2, -0.15) is 0 Å². The molecule has 1 aromatic carbocycles. The maximum atomic E-state index is 13.5. The van der Waals surface area contributed by atoms with Gasteiger partial charge in [-0.05, 0) is 54.3 Å². The number of halogens is 1. The van der Waals surface area contributed by atoms with Crippen molar-refractivity contribution >= 4 is 27.5 Å².